The van der Waals surface area contributed by atoms with Crippen LogP contribution in [-0.4, -0.2) is 64.3 Å². The van der Waals surface area contributed by atoms with Crippen LogP contribution < -0.4 is 10.1 Å². The van der Waals surface area contributed by atoms with Gasteiger partial charge in [-0.2, -0.15) is 4.98 Å². The molecule has 1 N–H and O–H groups in total. The number of nitrogens with one attached hydrogen (secondary N) is 1. The maximum Gasteiger partial charge on any atom is 0.573 e. The Morgan fingerprint density at radius 3 is 2.64 bits per heavy atom. The number of hydrogen-bond donors (Lipinski definition) is 1. The molecule has 0 bridgehead atoms. The van der Waals surface area contributed by atoms with E-state index in [1.165, 1.54) is 18.2 Å². The van der Waals surface area contributed by atoms with Gasteiger partial charge in [0.05, 0.1) is 18.4 Å². The molecule has 0 saturated heterocycles. The lowest BCUT2D eigenvalue weighted by Crippen LogP contribution is -2.42. The highest BCUT2D eigenvalue weighted by molar-refractivity contribution is 5.82. The third kappa shape index (κ3) is 6.75. The number of halogens is 3. The summed E-state index contributed by atoms with van der Waals surface area (Å²) in [6.45, 7) is 8.52. The van der Waals surface area contributed by atoms with Gasteiger partial charge in [0.15, 0.2) is 5.82 Å². The van der Waals surface area contributed by atoms with Crippen molar-refractivity contribution in [2.75, 3.05) is 26.2 Å². The summed E-state index contributed by atoms with van der Waals surface area (Å²) >= 11 is 0. The second kappa shape index (κ2) is 12.1. The van der Waals surface area contributed by atoms with Gasteiger partial charge in [-0.15, -0.1) is 13.2 Å². The molecular formula is C30H34F3N5O4. The van der Waals surface area contributed by atoms with Gasteiger partial charge in [0.25, 0.3) is 0 Å². The molecule has 1 aliphatic carbocycles. The van der Waals surface area contributed by atoms with Crippen molar-refractivity contribution >= 4 is 11.8 Å². The average molecular weight is 586 g/mol. The van der Waals surface area contributed by atoms with Gasteiger partial charge in [-0.1, -0.05) is 29.4 Å². The first-order chi connectivity index (χ1) is 20.1. The summed E-state index contributed by atoms with van der Waals surface area (Å²) in [5.41, 5.74) is 4.26. The number of alkyl halides is 3. The van der Waals surface area contributed by atoms with Gasteiger partial charge in [0.2, 0.25) is 17.7 Å². The van der Waals surface area contributed by atoms with Gasteiger partial charge in [-0.25, -0.2) is 0 Å². The number of amides is 2. The molecule has 1 fully saturated rings. The van der Waals surface area contributed by atoms with Gasteiger partial charge < -0.3 is 19.5 Å². The molecule has 42 heavy (non-hydrogen) atoms. The fourth-order valence-corrected chi connectivity index (χ4v) is 5.63. The Labute approximate surface area is 242 Å². The number of carbonyl (C=O) groups excluding carboxylic acids is 2. The number of aromatic nitrogens is 2. The first-order valence-electron chi connectivity index (χ1n) is 14.1. The highest BCUT2D eigenvalue weighted by Crippen LogP contribution is 2.47. The van der Waals surface area contributed by atoms with Crippen molar-refractivity contribution in [2.45, 2.75) is 59.0 Å². The normalized spacial score (nSPS) is 18.3. The summed E-state index contributed by atoms with van der Waals surface area (Å²) in [5, 5.41) is 6.84. The van der Waals surface area contributed by atoms with E-state index in [4.69, 9.17) is 4.52 Å². The predicted molar refractivity (Wildman–Crippen MR) is 147 cm³/mol. The van der Waals surface area contributed by atoms with Crippen LogP contribution in [0.3, 0.4) is 0 Å². The fourth-order valence-electron chi connectivity index (χ4n) is 5.63. The average Bonchev–Trinajstić information content (AvgIpc) is 3.64. The van der Waals surface area contributed by atoms with Gasteiger partial charge in [-0.05, 0) is 73.6 Å². The largest absolute Gasteiger partial charge is 0.573 e. The number of nitrogens with zero attached hydrogens (tertiary/aromatic N) is 4. The van der Waals surface area contributed by atoms with Crippen LogP contribution in [-0.2, 0) is 29.1 Å². The molecule has 2 aromatic carbocycles. The molecule has 9 nitrogen and oxygen atoms in total. The number of ether oxygens (including phenoxy) is 1. The number of rotatable bonds is 10. The number of hydrogen-bond acceptors (Lipinski definition) is 7. The van der Waals surface area contributed by atoms with E-state index in [1.54, 1.807) is 17.9 Å². The van der Waals surface area contributed by atoms with Crippen LogP contribution in [0.1, 0.15) is 54.6 Å². The van der Waals surface area contributed by atoms with Crippen molar-refractivity contribution in [3.05, 3.63) is 64.8 Å². The summed E-state index contributed by atoms with van der Waals surface area (Å²) in [6.07, 6.45) is -3.55. The van der Waals surface area contributed by atoms with Crippen molar-refractivity contribution in [1.29, 1.82) is 0 Å². The zero-order valence-electron chi connectivity index (χ0n) is 23.8. The topological polar surface area (TPSA) is 101 Å². The van der Waals surface area contributed by atoms with E-state index in [0.29, 0.717) is 56.3 Å². The molecule has 2 heterocycles. The number of benzene rings is 2. The molecule has 0 spiro atoms. The summed E-state index contributed by atoms with van der Waals surface area (Å²) in [5.74, 6) is 0.331. The van der Waals surface area contributed by atoms with E-state index in [-0.39, 0.29) is 42.5 Å². The summed E-state index contributed by atoms with van der Waals surface area (Å²) < 4.78 is 48.0. The number of aryl methyl sites for hydroxylation is 1. The first-order valence-corrected chi connectivity index (χ1v) is 14.1. The minimum Gasteiger partial charge on any atom is -0.406 e. The van der Waals surface area contributed by atoms with E-state index in [9.17, 15) is 22.8 Å². The maximum absolute atomic E-state index is 13.0. The predicted octanol–water partition coefficient (Wildman–Crippen LogP) is 4.59. The minimum absolute atomic E-state index is 0.0440. The minimum atomic E-state index is -4.79. The van der Waals surface area contributed by atoms with Gasteiger partial charge in [0, 0.05) is 32.7 Å². The molecule has 12 heteroatoms. The Hall–Kier alpha value is -3.93. The van der Waals surface area contributed by atoms with E-state index in [2.05, 4.69) is 25.1 Å². The second-order valence-electron chi connectivity index (χ2n) is 10.7. The molecule has 1 aromatic heterocycles. The highest BCUT2D eigenvalue weighted by atomic mass is 19.4. The van der Waals surface area contributed by atoms with Crippen LogP contribution in [0, 0.1) is 12.8 Å². The van der Waals surface area contributed by atoms with Crippen LogP contribution in [0.2, 0.25) is 0 Å². The van der Waals surface area contributed by atoms with Gasteiger partial charge in [0.1, 0.15) is 5.75 Å². The van der Waals surface area contributed by atoms with E-state index < -0.39 is 6.36 Å². The molecule has 1 aliphatic heterocycles. The van der Waals surface area contributed by atoms with Crippen molar-refractivity contribution in [1.82, 2.24) is 25.3 Å². The molecule has 2 atom stereocenters. The Bertz CT molecular complexity index is 1450. The van der Waals surface area contributed by atoms with Crippen LogP contribution in [0.4, 0.5) is 13.2 Å². The highest BCUT2D eigenvalue weighted by Gasteiger charge is 2.47. The molecule has 2 amide bonds. The van der Waals surface area contributed by atoms with E-state index >= 15 is 0 Å². The molecule has 2 aliphatic rings. The quantitative estimate of drug-likeness (QED) is 0.372. The lowest BCUT2D eigenvalue weighted by Gasteiger charge is -2.33. The molecule has 0 radical (unpaired) electrons. The number of carbonyl (C=O) groups is 2. The standard InChI is InChI=1S/C30H34F3N5O4/c1-4-38(5-2)27(39)17-37-12-11-23-22(19-7-6-8-21(13-19)41-30(31,32)33)10-9-20(26(23)16-37)15-34-28(40)24-14-25(24)29-35-18(3)36-42-29/h6-10,13,24-25H,4-5,11-12,14-17H2,1-3H3,(H,34,40)/t24-,25+/m0/s1. The smallest absolute Gasteiger partial charge is 0.406 e. The third-order valence-corrected chi connectivity index (χ3v) is 7.88. The Morgan fingerprint density at radius 2 is 1.95 bits per heavy atom. The Morgan fingerprint density at radius 1 is 1.17 bits per heavy atom. The summed E-state index contributed by atoms with van der Waals surface area (Å²) in [7, 11) is 0. The van der Waals surface area contributed by atoms with Crippen molar-refractivity contribution in [3.8, 4) is 16.9 Å². The zero-order chi connectivity index (χ0) is 30.0. The van der Waals surface area contributed by atoms with Crippen LogP contribution in [0.25, 0.3) is 11.1 Å². The molecule has 5 rings (SSSR count). The van der Waals surface area contributed by atoms with Crippen molar-refractivity contribution in [3.63, 3.8) is 0 Å². The molecule has 1 saturated carbocycles. The van der Waals surface area contributed by atoms with Crippen molar-refractivity contribution in [2.24, 2.45) is 5.92 Å². The number of likely N-dealkylation sites (N-methyl/N-ethyl adjacent to an activating group) is 1. The maximum atomic E-state index is 13.0. The fraction of sp³-hybridized carbons (Fsp3) is 0.467. The summed E-state index contributed by atoms with van der Waals surface area (Å²) in [4.78, 5) is 33.9. The molecule has 3 aromatic rings. The summed E-state index contributed by atoms with van der Waals surface area (Å²) in [6, 6.07) is 9.72. The zero-order valence-corrected chi connectivity index (χ0v) is 23.8. The lowest BCUT2D eigenvalue weighted by molar-refractivity contribution is -0.274. The van der Waals surface area contributed by atoms with Crippen LogP contribution >= 0.6 is 0 Å². The molecule has 0 unspecified atom stereocenters. The van der Waals surface area contributed by atoms with E-state index in [0.717, 1.165) is 22.3 Å². The van der Waals surface area contributed by atoms with Crippen LogP contribution in [0.15, 0.2) is 40.9 Å². The molecule has 224 valence electrons. The van der Waals surface area contributed by atoms with Crippen LogP contribution in [0.5, 0.6) is 5.75 Å². The Kier molecular flexibility index (Phi) is 8.53. The second-order valence-corrected chi connectivity index (χ2v) is 10.7. The monoisotopic (exact) mass is 585 g/mol. The van der Waals surface area contributed by atoms with Gasteiger partial charge >= 0.3 is 6.36 Å². The van der Waals surface area contributed by atoms with E-state index in [1.807, 2.05) is 26.0 Å². The third-order valence-electron chi connectivity index (χ3n) is 7.88. The lowest BCUT2D eigenvalue weighted by atomic mass is 9.87. The van der Waals surface area contributed by atoms with Gasteiger partial charge in [-0.3, -0.25) is 14.5 Å². The SMILES string of the molecule is CCN(CC)C(=O)CN1CCc2c(-c3cccc(OC(F)(F)F)c3)ccc(CNC(=O)[C@H]3C[C@H]3c3nc(C)no3)c2C1. The Balaban J connectivity index is 1.38. The first kappa shape index (κ1) is 29.6. The molecular weight excluding hydrogens is 551 g/mol. The van der Waals surface area contributed by atoms with Crippen molar-refractivity contribution < 1.29 is 32.0 Å². The number of fused-ring (bicyclic) bond motifs is 1.